The molecule has 0 aromatic heterocycles. The summed E-state index contributed by atoms with van der Waals surface area (Å²) >= 11 is 0. The van der Waals surface area contributed by atoms with Crippen molar-refractivity contribution in [2.45, 2.75) is 6.61 Å². The van der Waals surface area contributed by atoms with E-state index in [2.05, 4.69) is 18.9 Å². The fourth-order valence-electron chi connectivity index (χ4n) is 2.35. The molecule has 0 spiro atoms. The van der Waals surface area contributed by atoms with Crippen molar-refractivity contribution in [2.24, 2.45) is 0 Å². The largest absolute Gasteiger partial charge is 0.478 e. The number of hydrogen-bond donors (Lipinski definition) is 2. The van der Waals surface area contributed by atoms with E-state index in [9.17, 15) is 28.8 Å². The molecule has 0 bridgehead atoms. The first-order valence-corrected chi connectivity index (χ1v) is 8.74. The Labute approximate surface area is 199 Å². The Morgan fingerprint density at radius 1 is 0.735 bits per heavy atom. The minimum Gasteiger partial charge on any atom is -0.478 e. The Kier molecular flexibility index (Phi) is 12.7. The highest BCUT2D eigenvalue weighted by Crippen LogP contribution is 2.17. The Morgan fingerprint density at radius 3 is 1.53 bits per heavy atom. The fraction of sp³-hybridized carbons (Fsp3) is 0.143. The number of hydrogen-bond acceptors (Lipinski definition) is 10. The minimum absolute atomic E-state index is 0. The van der Waals surface area contributed by atoms with E-state index in [-0.39, 0.29) is 61.1 Å². The monoisotopic (exact) mass is 496 g/mol. The molecule has 0 fully saturated rings. The second kappa shape index (κ2) is 14.6. The van der Waals surface area contributed by atoms with Crippen LogP contribution in [-0.2, 0) is 30.4 Å². The summed E-state index contributed by atoms with van der Waals surface area (Å²) in [6.07, 6.45) is 0. The van der Waals surface area contributed by atoms with Crippen LogP contribution in [0.1, 0.15) is 47.0 Å². The molecule has 2 N–H and O–H groups in total. The van der Waals surface area contributed by atoms with Crippen LogP contribution >= 0.6 is 13.5 Å². The van der Waals surface area contributed by atoms with Gasteiger partial charge in [0.25, 0.3) is 12.9 Å². The molecule has 2 aromatic rings. The van der Waals surface area contributed by atoms with Gasteiger partial charge in [-0.15, -0.1) is 0 Å². The van der Waals surface area contributed by atoms with Crippen molar-refractivity contribution in [1.82, 2.24) is 0 Å². The number of carbonyl (C=O) groups excluding carboxylic acids is 4. The van der Waals surface area contributed by atoms with Crippen LogP contribution in [0.25, 0.3) is 0 Å². The quantitative estimate of drug-likeness (QED) is 0.292. The fourth-order valence-corrected chi connectivity index (χ4v) is 2.35. The van der Waals surface area contributed by atoms with Crippen LogP contribution < -0.4 is 4.74 Å². The SMILES string of the molecule is COC(=O)c1cc(COC=O)cc(C(=O)OC)c1.O=COc1cc(C(=O)O)cc(C(=O)O)c1.S. The van der Waals surface area contributed by atoms with E-state index >= 15 is 0 Å². The van der Waals surface area contributed by atoms with Gasteiger partial charge in [0.2, 0.25) is 0 Å². The third-order valence-corrected chi connectivity index (χ3v) is 3.74. The van der Waals surface area contributed by atoms with Gasteiger partial charge in [-0.3, -0.25) is 9.59 Å². The molecule has 2 rings (SSSR count). The standard InChI is InChI=1S/C12H12O6.C9H6O6.H2S/c1-16-11(14)9-3-8(6-18-7-13)4-10(5-9)12(15)17-2;10-4-15-7-2-5(8(11)12)1-6(3-7)9(13)14;/h3-5,7H,6H2,1-2H3;1-4H,(H,11,12)(H,13,14);1H2. The smallest absolute Gasteiger partial charge is 0.337 e. The minimum atomic E-state index is -1.30. The van der Waals surface area contributed by atoms with Gasteiger partial charge >= 0.3 is 23.9 Å². The predicted molar refractivity (Wildman–Crippen MR) is 117 cm³/mol. The third kappa shape index (κ3) is 9.00. The van der Waals surface area contributed by atoms with Crippen molar-refractivity contribution in [3.05, 3.63) is 64.2 Å². The van der Waals surface area contributed by atoms with E-state index in [0.717, 1.165) is 18.2 Å². The number of carboxylic acid groups (broad SMARTS) is 2. The van der Waals surface area contributed by atoms with Crippen molar-refractivity contribution in [3.8, 4) is 5.75 Å². The average molecular weight is 496 g/mol. The number of carbonyl (C=O) groups is 6. The van der Waals surface area contributed by atoms with Crippen LogP contribution in [-0.4, -0.2) is 61.3 Å². The van der Waals surface area contributed by atoms with Crippen LogP contribution in [0.5, 0.6) is 5.75 Å². The molecule has 34 heavy (non-hydrogen) atoms. The molecule has 13 heteroatoms. The third-order valence-electron chi connectivity index (χ3n) is 3.74. The van der Waals surface area contributed by atoms with Crippen molar-refractivity contribution in [2.75, 3.05) is 14.2 Å². The summed E-state index contributed by atoms with van der Waals surface area (Å²) in [7, 11) is 2.46. The zero-order chi connectivity index (χ0) is 25.0. The van der Waals surface area contributed by atoms with Gasteiger partial charge in [-0.1, -0.05) is 0 Å². The molecule has 12 nitrogen and oxygen atoms in total. The second-order valence-electron chi connectivity index (χ2n) is 5.88. The molecule has 0 amide bonds. The first-order valence-electron chi connectivity index (χ1n) is 8.74. The van der Waals surface area contributed by atoms with Crippen molar-refractivity contribution < 1.29 is 57.9 Å². The van der Waals surface area contributed by atoms with Crippen LogP contribution in [0.3, 0.4) is 0 Å². The highest BCUT2D eigenvalue weighted by atomic mass is 32.1. The van der Waals surface area contributed by atoms with E-state index in [4.69, 9.17) is 10.2 Å². The van der Waals surface area contributed by atoms with Crippen LogP contribution in [0.15, 0.2) is 36.4 Å². The molecular formula is C21H20O12S. The second-order valence-corrected chi connectivity index (χ2v) is 5.88. The van der Waals surface area contributed by atoms with Crippen molar-refractivity contribution in [1.29, 1.82) is 0 Å². The molecule has 0 aliphatic rings. The topological polar surface area (TPSA) is 180 Å². The van der Waals surface area contributed by atoms with E-state index in [1.54, 1.807) is 0 Å². The van der Waals surface area contributed by atoms with Gasteiger partial charge in [0.15, 0.2) is 0 Å². The highest BCUT2D eigenvalue weighted by molar-refractivity contribution is 7.59. The lowest BCUT2D eigenvalue weighted by Gasteiger charge is -2.07. The van der Waals surface area contributed by atoms with Crippen LogP contribution in [0.2, 0.25) is 0 Å². The summed E-state index contributed by atoms with van der Waals surface area (Å²) in [4.78, 5) is 64.2. The first kappa shape index (κ1) is 29.6. The van der Waals surface area contributed by atoms with Gasteiger partial charge in [-0.25, -0.2) is 19.2 Å². The molecule has 0 heterocycles. The van der Waals surface area contributed by atoms with Gasteiger partial charge in [0, 0.05) is 0 Å². The number of rotatable bonds is 9. The van der Waals surface area contributed by atoms with Crippen LogP contribution in [0.4, 0.5) is 0 Å². The van der Waals surface area contributed by atoms with Gasteiger partial charge in [0.1, 0.15) is 12.4 Å². The summed E-state index contributed by atoms with van der Waals surface area (Å²) in [6.45, 7) is 0.327. The maximum atomic E-state index is 11.4. The number of benzene rings is 2. The van der Waals surface area contributed by atoms with Crippen molar-refractivity contribution >= 4 is 50.3 Å². The molecule has 0 unspecified atom stereocenters. The molecule has 0 aliphatic heterocycles. The molecule has 0 radical (unpaired) electrons. The maximum absolute atomic E-state index is 11.4. The number of ether oxygens (including phenoxy) is 4. The van der Waals surface area contributed by atoms with Crippen LogP contribution in [0, 0.1) is 0 Å². The van der Waals surface area contributed by atoms with E-state index in [1.807, 2.05) is 0 Å². The lowest BCUT2D eigenvalue weighted by Crippen LogP contribution is -2.08. The summed E-state index contributed by atoms with van der Waals surface area (Å²) < 4.78 is 18.1. The molecule has 0 saturated carbocycles. The highest BCUT2D eigenvalue weighted by Gasteiger charge is 2.14. The molecule has 0 saturated heterocycles. The summed E-state index contributed by atoms with van der Waals surface area (Å²) in [5, 5.41) is 17.3. The number of methoxy groups -OCH3 is 2. The predicted octanol–water partition coefficient (Wildman–Crippen LogP) is 1.66. The zero-order valence-electron chi connectivity index (χ0n) is 17.8. The molecule has 182 valence electrons. The van der Waals surface area contributed by atoms with Gasteiger partial charge < -0.3 is 29.2 Å². The normalized spacial score (nSPS) is 9.12. The zero-order valence-corrected chi connectivity index (χ0v) is 18.8. The van der Waals surface area contributed by atoms with Crippen molar-refractivity contribution in [3.63, 3.8) is 0 Å². The molecular weight excluding hydrogens is 476 g/mol. The van der Waals surface area contributed by atoms with Gasteiger partial charge in [-0.05, 0) is 42.0 Å². The molecule has 2 aromatic carbocycles. The summed E-state index contributed by atoms with van der Waals surface area (Å²) in [6, 6.07) is 7.39. The summed E-state index contributed by atoms with van der Waals surface area (Å²) in [5.41, 5.74) is 0.346. The van der Waals surface area contributed by atoms with E-state index in [0.29, 0.717) is 5.56 Å². The average Bonchev–Trinajstić information content (AvgIpc) is 2.81. The Morgan fingerprint density at radius 2 is 1.18 bits per heavy atom. The van der Waals surface area contributed by atoms with E-state index in [1.165, 1.54) is 32.4 Å². The lowest BCUT2D eigenvalue weighted by atomic mass is 10.1. The first-order chi connectivity index (χ1) is 15.7. The van der Waals surface area contributed by atoms with E-state index < -0.39 is 23.9 Å². The molecule has 0 aliphatic carbocycles. The Balaban J connectivity index is 0.000000632. The van der Waals surface area contributed by atoms with Gasteiger partial charge in [-0.2, -0.15) is 13.5 Å². The lowest BCUT2D eigenvalue weighted by molar-refractivity contribution is -0.129. The number of carboxylic acids is 2. The number of aromatic carboxylic acids is 2. The molecule has 0 atom stereocenters. The maximum Gasteiger partial charge on any atom is 0.337 e. The number of esters is 2. The summed E-state index contributed by atoms with van der Waals surface area (Å²) in [5.74, 6) is -3.90. The Bertz CT molecular complexity index is 997. The van der Waals surface area contributed by atoms with Gasteiger partial charge in [0.05, 0.1) is 36.5 Å². The Hall–Kier alpha value is -4.39.